The number of likely N-dealkylation sites (N-methyl/N-ethyl adjacent to an activating group) is 1. The molecule has 0 atom stereocenters. The van der Waals surface area contributed by atoms with Crippen molar-refractivity contribution < 1.29 is 22.7 Å². The Kier molecular flexibility index (Phi) is 9.66. The topological polar surface area (TPSA) is 44.8 Å². The normalized spacial score (nSPS) is 14.4. The summed E-state index contributed by atoms with van der Waals surface area (Å²) in [6.07, 6.45) is -2.03. The molecule has 0 bridgehead atoms. The van der Waals surface area contributed by atoms with Crippen LogP contribution in [0.1, 0.15) is 43.9 Å². The van der Waals surface area contributed by atoms with E-state index in [0.717, 1.165) is 44.7 Å². The number of nitrogens with zero attached hydrogens (tertiary/aromatic N) is 2. The molecule has 1 aliphatic rings. The highest BCUT2D eigenvalue weighted by Crippen LogP contribution is 2.42. The van der Waals surface area contributed by atoms with Crippen molar-refractivity contribution >= 4 is 28.9 Å². The average Bonchev–Trinajstić information content (AvgIpc) is 3.20. The minimum absolute atomic E-state index is 0.293. The van der Waals surface area contributed by atoms with Crippen LogP contribution in [0.15, 0.2) is 72.8 Å². The van der Waals surface area contributed by atoms with Gasteiger partial charge in [-0.25, -0.2) is 0 Å². The van der Waals surface area contributed by atoms with E-state index < -0.39 is 11.7 Å². The molecule has 8 heteroatoms. The molecule has 40 heavy (non-hydrogen) atoms. The van der Waals surface area contributed by atoms with Crippen LogP contribution in [0.5, 0.6) is 5.75 Å². The number of rotatable bonds is 12. The third kappa shape index (κ3) is 7.31. The van der Waals surface area contributed by atoms with Gasteiger partial charge in [0.2, 0.25) is 0 Å². The highest BCUT2D eigenvalue weighted by atomic mass is 19.4. The van der Waals surface area contributed by atoms with Gasteiger partial charge >= 0.3 is 6.18 Å². The minimum Gasteiger partial charge on any atom is -0.494 e. The third-order valence-electron chi connectivity index (χ3n) is 6.80. The van der Waals surface area contributed by atoms with Crippen molar-refractivity contribution in [3.05, 3.63) is 89.5 Å². The molecular formula is C32H36F3N3O2. The summed E-state index contributed by atoms with van der Waals surface area (Å²) in [7, 11) is 0. The first-order chi connectivity index (χ1) is 19.2. The molecule has 4 rings (SSSR count). The van der Waals surface area contributed by atoms with Gasteiger partial charge in [-0.1, -0.05) is 51.1 Å². The third-order valence-corrected chi connectivity index (χ3v) is 6.80. The lowest BCUT2D eigenvalue weighted by Gasteiger charge is -2.21. The van der Waals surface area contributed by atoms with Crippen molar-refractivity contribution in [3.63, 3.8) is 0 Å². The molecule has 0 radical (unpaired) electrons. The monoisotopic (exact) mass is 551 g/mol. The minimum atomic E-state index is -4.46. The second kappa shape index (κ2) is 13.2. The summed E-state index contributed by atoms with van der Waals surface area (Å²) < 4.78 is 45.6. The molecule has 0 aromatic heterocycles. The number of carbonyl (C=O) groups excluding carboxylic acids is 1. The van der Waals surface area contributed by atoms with Crippen molar-refractivity contribution in [1.29, 1.82) is 0 Å². The summed E-state index contributed by atoms with van der Waals surface area (Å²) >= 11 is 0. The average molecular weight is 552 g/mol. The summed E-state index contributed by atoms with van der Waals surface area (Å²) in [5.41, 5.74) is 1.93. The van der Waals surface area contributed by atoms with E-state index in [2.05, 4.69) is 31.0 Å². The number of alkyl halides is 3. The first kappa shape index (κ1) is 29.4. The van der Waals surface area contributed by atoms with Gasteiger partial charge in [-0.2, -0.15) is 13.2 Å². The maximum absolute atomic E-state index is 13.5. The molecule has 1 aliphatic heterocycles. The number of nitrogens with one attached hydrogen (secondary N) is 1. The fraction of sp³-hybridized carbons (Fsp3) is 0.344. The van der Waals surface area contributed by atoms with E-state index in [0.29, 0.717) is 46.5 Å². The van der Waals surface area contributed by atoms with E-state index in [4.69, 9.17) is 4.74 Å². The van der Waals surface area contributed by atoms with Crippen molar-refractivity contribution in [1.82, 2.24) is 10.2 Å². The molecule has 0 saturated heterocycles. The smallest absolute Gasteiger partial charge is 0.416 e. The number of fused-ring (bicyclic) bond motifs is 1. The zero-order chi connectivity index (χ0) is 28.7. The Labute approximate surface area is 234 Å². The van der Waals surface area contributed by atoms with E-state index in [1.165, 1.54) is 12.1 Å². The number of ether oxygens (including phenoxy) is 1. The second-order valence-corrected chi connectivity index (χ2v) is 10.1. The van der Waals surface area contributed by atoms with Crippen LogP contribution >= 0.6 is 0 Å². The fourth-order valence-electron chi connectivity index (χ4n) is 4.72. The quantitative estimate of drug-likeness (QED) is 0.194. The largest absolute Gasteiger partial charge is 0.494 e. The van der Waals surface area contributed by atoms with Crippen molar-refractivity contribution in [2.75, 3.05) is 37.7 Å². The number of benzene rings is 3. The van der Waals surface area contributed by atoms with Crippen LogP contribution in [-0.2, 0) is 11.0 Å². The van der Waals surface area contributed by atoms with Gasteiger partial charge in [0, 0.05) is 36.9 Å². The molecular weight excluding hydrogens is 515 g/mol. The van der Waals surface area contributed by atoms with Crippen LogP contribution in [0.25, 0.3) is 11.6 Å². The van der Waals surface area contributed by atoms with Crippen molar-refractivity contribution in [2.45, 2.75) is 39.4 Å². The highest BCUT2D eigenvalue weighted by molar-refractivity contribution is 6.38. The summed E-state index contributed by atoms with van der Waals surface area (Å²) in [6, 6.07) is 20.1. The summed E-state index contributed by atoms with van der Waals surface area (Å²) in [5.74, 6) is 0.423. The molecule has 1 heterocycles. The molecule has 5 nitrogen and oxygen atoms in total. The molecule has 0 unspecified atom stereocenters. The molecule has 212 valence electrons. The van der Waals surface area contributed by atoms with Gasteiger partial charge in [-0.15, -0.1) is 0 Å². The van der Waals surface area contributed by atoms with E-state index in [1.54, 1.807) is 11.0 Å². The zero-order valence-electron chi connectivity index (χ0n) is 23.2. The first-order valence-corrected chi connectivity index (χ1v) is 13.7. The standard InChI is InChI=1S/C32H36F3N3O2/c1-4-37(19-17-36-23(2)3)18-8-20-40-27-15-13-26(14-16-27)38-30-12-6-5-11-28(30)29(31(38)39)22-24-9-7-10-25(21-24)32(33,34)35/h5-7,9-16,21-23,36H,4,8,17-20H2,1-3H3/b29-22-. The van der Waals surface area contributed by atoms with Crippen molar-refractivity contribution in [2.24, 2.45) is 0 Å². The number of amides is 1. The Morgan fingerprint density at radius 2 is 1.75 bits per heavy atom. The second-order valence-electron chi connectivity index (χ2n) is 10.1. The van der Waals surface area contributed by atoms with Gasteiger partial charge in [0.15, 0.2) is 0 Å². The zero-order valence-corrected chi connectivity index (χ0v) is 23.2. The lowest BCUT2D eigenvalue weighted by Crippen LogP contribution is -2.35. The summed E-state index contributed by atoms with van der Waals surface area (Å²) in [6.45, 7) is 10.9. The SMILES string of the molecule is CCN(CCCOc1ccc(N2C(=O)/C(=C\c3cccc(C(F)(F)F)c3)c3ccccc32)cc1)CCNC(C)C. The number of carbonyl (C=O) groups is 1. The molecule has 0 fully saturated rings. The molecule has 0 spiro atoms. The van der Waals surface area contributed by atoms with Gasteiger partial charge in [0.1, 0.15) is 5.75 Å². The number of hydrogen-bond donors (Lipinski definition) is 1. The Hall–Kier alpha value is -3.62. The number of halogens is 3. The van der Waals surface area contributed by atoms with E-state index in [1.807, 2.05) is 48.5 Å². The van der Waals surface area contributed by atoms with E-state index in [-0.39, 0.29) is 5.91 Å². The van der Waals surface area contributed by atoms with E-state index >= 15 is 0 Å². The predicted octanol–water partition coefficient (Wildman–Crippen LogP) is 7.01. The van der Waals surface area contributed by atoms with Gasteiger partial charge < -0.3 is 15.0 Å². The summed E-state index contributed by atoms with van der Waals surface area (Å²) in [5, 5.41) is 3.44. The molecule has 3 aromatic rings. The first-order valence-electron chi connectivity index (χ1n) is 13.7. The van der Waals surface area contributed by atoms with Crippen LogP contribution in [-0.4, -0.2) is 49.6 Å². The Morgan fingerprint density at radius 3 is 2.45 bits per heavy atom. The molecule has 1 N–H and O–H groups in total. The lowest BCUT2D eigenvalue weighted by molar-refractivity contribution is -0.137. The Bertz CT molecular complexity index is 1320. The van der Waals surface area contributed by atoms with Crippen LogP contribution in [0.4, 0.5) is 24.5 Å². The number of anilines is 2. The van der Waals surface area contributed by atoms with Crippen molar-refractivity contribution in [3.8, 4) is 5.75 Å². The van der Waals surface area contributed by atoms with Gasteiger partial charge in [-0.05, 0) is 67.1 Å². The lowest BCUT2D eigenvalue weighted by atomic mass is 10.0. The number of para-hydroxylation sites is 1. The van der Waals surface area contributed by atoms with Crippen LogP contribution < -0.4 is 15.0 Å². The molecule has 1 amide bonds. The molecule has 0 saturated carbocycles. The molecule has 0 aliphatic carbocycles. The Morgan fingerprint density at radius 1 is 1.00 bits per heavy atom. The van der Waals surface area contributed by atoms with Gasteiger partial charge in [-0.3, -0.25) is 9.69 Å². The number of hydrogen-bond acceptors (Lipinski definition) is 4. The van der Waals surface area contributed by atoms with Crippen LogP contribution in [0.2, 0.25) is 0 Å². The maximum atomic E-state index is 13.5. The van der Waals surface area contributed by atoms with Gasteiger partial charge in [0.25, 0.3) is 5.91 Å². The van der Waals surface area contributed by atoms with Crippen LogP contribution in [0, 0.1) is 0 Å². The Balaban J connectivity index is 1.43. The van der Waals surface area contributed by atoms with Gasteiger partial charge in [0.05, 0.1) is 23.4 Å². The van der Waals surface area contributed by atoms with Crippen LogP contribution in [0.3, 0.4) is 0 Å². The highest BCUT2D eigenvalue weighted by Gasteiger charge is 2.34. The predicted molar refractivity (Wildman–Crippen MR) is 155 cm³/mol. The maximum Gasteiger partial charge on any atom is 0.416 e. The van der Waals surface area contributed by atoms with E-state index in [9.17, 15) is 18.0 Å². The fourth-order valence-corrected chi connectivity index (χ4v) is 4.72. The molecule has 3 aromatic carbocycles. The summed E-state index contributed by atoms with van der Waals surface area (Å²) in [4.78, 5) is 17.5.